The molecule has 0 aromatic heterocycles. The largest absolute Gasteiger partial charge is 0.515 e. The summed E-state index contributed by atoms with van der Waals surface area (Å²) >= 11 is 0. The summed E-state index contributed by atoms with van der Waals surface area (Å²) in [5.74, 6) is -1.82. The summed E-state index contributed by atoms with van der Waals surface area (Å²) in [5.41, 5.74) is -1.13. The molecule has 4 rings (SSSR count). The van der Waals surface area contributed by atoms with Crippen molar-refractivity contribution in [1.82, 2.24) is 0 Å². The number of fused-ring (bicyclic) bond motifs is 5. The van der Waals surface area contributed by atoms with Gasteiger partial charge in [0, 0.05) is 22.3 Å². The molecule has 4 aliphatic rings. The molecule has 0 radical (unpaired) electrons. The van der Waals surface area contributed by atoms with Crippen molar-refractivity contribution in [3.8, 4) is 0 Å². The van der Waals surface area contributed by atoms with Crippen LogP contribution in [0.5, 0.6) is 0 Å². The summed E-state index contributed by atoms with van der Waals surface area (Å²) in [7, 11) is 0. The van der Waals surface area contributed by atoms with Crippen molar-refractivity contribution in [2.45, 2.75) is 58.2 Å². The van der Waals surface area contributed by atoms with E-state index < -0.39 is 28.5 Å². The van der Waals surface area contributed by atoms with E-state index in [1.54, 1.807) is 13.0 Å². The molecule has 6 heteroatoms. The standard InChI is InChI=1S/C22H28O6/c1-11-6-13-14-4-5-22(28,19(26)27)21(14,3)9-17(25)18(13)20(2)8-12(10-23)16(24)7-15(11)20/h6-7,10,13-14,17-18,23,25,28H,4-5,8-9H2,1-3H3,(H,26,27)/b12-10-/t13-,14-,17-,18?,20-,21-,22-/m0/s1. The molecule has 28 heavy (non-hydrogen) atoms. The van der Waals surface area contributed by atoms with Crippen molar-refractivity contribution in [3.63, 3.8) is 0 Å². The van der Waals surface area contributed by atoms with Gasteiger partial charge in [-0.1, -0.05) is 25.5 Å². The molecular formula is C22H28O6. The van der Waals surface area contributed by atoms with Crippen LogP contribution in [0.3, 0.4) is 0 Å². The lowest BCUT2D eigenvalue weighted by atomic mass is 9.46. The molecule has 2 saturated carbocycles. The number of carboxylic acid groups (broad SMARTS) is 1. The summed E-state index contributed by atoms with van der Waals surface area (Å²) < 4.78 is 0. The molecule has 0 aromatic carbocycles. The summed E-state index contributed by atoms with van der Waals surface area (Å²) in [6, 6.07) is 0. The van der Waals surface area contributed by atoms with E-state index in [-0.39, 0.29) is 36.4 Å². The van der Waals surface area contributed by atoms with Gasteiger partial charge in [0.2, 0.25) is 0 Å². The zero-order chi connectivity index (χ0) is 20.6. The van der Waals surface area contributed by atoms with Crippen molar-refractivity contribution >= 4 is 11.8 Å². The van der Waals surface area contributed by atoms with E-state index in [1.165, 1.54) is 0 Å². The van der Waals surface area contributed by atoms with Crippen LogP contribution in [0.15, 0.2) is 35.1 Å². The summed E-state index contributed by atoms with van der Waals surface area (Å²) in [4.78, 5) is 24.2. The molecule has 0 spiro atoms. The molecule has 7 atom stereocenters. The van der Waals surface area contributed by atoms with Gasteiger partial charge in [-0.3, -0.25) is 4.79 Å². The number of hydrogen-bond acceptors (Lipinski definition) is 5. The third-order valence-corrected chi connectivity index (χ3v) is 8.38. The maximum Gasteiger partial charge on any atom is 0.336 e. The SMILES string of the molecule is CC1=C[C@@H]2C([C@@H](O)C[C@@]3(C)[C@H]2CC[C@]3(O)C(=O)O)[C@@]2(C)C/C(=C/O)C(=O)C=C12. The van der Waals surface area contributed by atoms with Crippen LogP contribution in [0, 0.1) is 28.6 Å². The molecule has 0 aliphatic heterocycles. The van der Waals surface area contributed by atoms with Gasteiger partial charge in [0.1, 0.15) is 0 Å². The number of rotatable bonds is 1. The third-order valence-electron chi connectivity index (χ3n) is 8.38. The highest BCUT2D eigenvalue weighted by Gasteiger charge is 2.68. The number of aliphatic carboxylic acids is 1. The Balaban J connectivity index is 1.86. The van der Waals surface area contributed by atoms with E-state index in [9.17, 15) is 30.0 Å². The summed E-state index contributed by atoms with van der Waals surface area (Å²) in [6.45, 7) is 5.75. The molecule has 0 bridgehead atoms. The monoisotopic (exact) mass is 388 g/mol. The van der Waals surface area contributed by atoms with E-state index in [1.807, 2.05) is 13.8 Å². The highest BCUT2D eigenvalue weighted by Crippen LogP contribution is 2.67. The van der Waals surface area contributed by atoms with Crippen LogP contribution in [0.4, 0.5) is 0 Å². The Hall–Kier alpha value is -1.92. The average Bonchev–Trinajstić information content (AvgIpc) is 2.88. The van der Waals surface area contributed by atoms with Crippen molar-refractivity contribution < 1.29 is 30.0 Å². The lowest BCUT2D eigenvalue weighted by Crippen LogP contribution is -2.61. The first kappa shape index (κ1) is 19.4. The highest BCUT2D eigenvalue weighted by atomic mass is 16.4. The minimum Gasteiger partial charge on any atom is -0.515 e. The topological polar surface area (TPSA) is 115 Å². The molecule has 2 fully saturated rings. The van der Waals surface area contributed by atoms with Crippen molar-refractivity contribution in [2.75, 3.05) is 0 Å². The number of aliphatic hydroxyl groups is 3. The number of allylic oxidation sites excluding steroid dienone is 5. The second-order valence-corrected chi connectivity index (χ2v) is 9.62. The van der Waals surface area contributed by atoms with Crippen molar-refractivity contribution in [1.29, 1.82) is 0 Å². The molecule has 0 aromatic rings. The summed E-state index contributed by atoms with van der Waals surface area (Å²) in [5, 5.41) is 41.4. The number of carboxylic acids is 1. The minimum absolute atomic E-state index is 0.0745. The Bertz CT molecular complexity index is 853. The molecular weight excluding hydrogens is 360 g/mol. The maximum atomic E-state index is 12.3. The van der Waals surface area contributed by atoms with Crippen LogP contribution in [-0.4, -0.2) is 43.9 Å². The van der Waals surface area contributed by atoms with E-state index >= 15 is 0 Å². The van der Waals surface area contributed by atoms with Gasteiger partial charge in [-0.2, -0.15) is 0 Å². The maximum absolute atomic E-state index is 12.3. The molecule has 1 unspecified atom stereocenters. The van der Waals surface area contributed by atoms with Crippen LogP contribution in [0.2, 0.25) is 0 Å². The quantitative estimate of drug-likeness (QED) is 0.405. The van der Waals surface area contributed by atoms with Gasteiger partial charge in [0.15, 0.2) is 11.4 Å². The predicted molar refractivity (Wildman–Crippen MR) is 101 cm³/mol. The first-order valence-corrected chi connectivity index (χ1v) is 9.92. The molecule has 0 heterocycles. The first-order valence-electron chi connectivity index (χ1n) is 9.92. The van der Waals surface area contributed by atoms with Gasteiger partial charge in [-0.25, -0.2) is 4.79 Å². The van der Waals surface area contributed by atoms with Crippen molar-refractivity contribution in [2.24, 2.45) is 28.6 Å². The molecule has 4 aliphatic carbocycles. The normalized spacial score (nSPS) is 49.0. The van der Waals surface area contributed by atoms with E-state index in [4.69, 9.17) is 0 Å². The Kier molecular flexibility index (Phi) is 4.02. The van der Waals surface area contributed by atoms with Crippen LogP contribution >= 0.6 is 0 Å². The van der Waals surface area contributed by atoms with Gasteiger partial charge < -0.3 is 20.4 Å². The fourth-order valence-electron chi connectivity index (χ4n) is 7.02. The Morgan fingerprint density at radius 2 is 2.00 bits per heavy atom. The van der Waals surface area contributed by atoms with Gasteiger partial charge >= 0.3 is 5.97 Å². The zero-order valence-electron chi connectivity index (χ0n) is 16.5. The summed E-state index contributed by atoms with van der Waals surface area (Å²) in [6.07, 6.45) is 4.96. The lowest BCUT2D eigenvalue weighted by molar-refractivity contribution is -0.188. The van der Waals surface area contributed by atoms with Gasteiger partial charge in [0.25, 0.3) is 0 Å². The molecule has 0 amide bonds. The lowest BCUT2D eigenvalue weighted by Gasteiger charge is -2.59. The molecule has 0 saturated heterocycles. The highest BCUT2D eigenvalue weighted by molar-refractivity contribution is 6.06. The van der Waals surface area contributed by atoms with Crippen LogP contribution in [-0.2, 0) is 9.59 Å². The Morgan fingerprint density at radius 3 is 2.61 bits per heavy atom. The number of aliphatic hydroxyl groups excluding tert-OH is 2. The second-order valence-electron chi connectivity index (χ2n) is 9.62. The molecule has 6 nitrogen and oxygen atoms in total. The Morgan fingerprint density at radius 1 is 1.32 bits per heavy atom. The van der Waals surface area contributed by atoms with Gasteiger partial charge in [0.05, 0.1) is 12.4 Å². The number of ketones is 1. The average molecular weight is 388 g/mol. The number of carbonyl (C=O) groups excluding carboxylic acids is 1. The predicted octanol–water partition coefficient (Wildman–Crippen LogP) is 2.52. The number of carbonyl (C=O) groups is 2. The van der Waals surface area contributed by atoms with Gasteiger partial charge in [-0.15, -0.1) is 0 Å². The number of hydrogen-bond donors (Lipinski definition) is 4. The van der Waals surface area contributed by atoms with Crippen LogP contribution in [0.1, 0.15) is 46.5 Å². The van der Waals surface area contributed by atoms with Gasteiger partial charge in [-0.05, 0) is 56.1 Å². The Labute approximate surface area is 164 Å². The molecule has 152 valence electrons. The van der Waals surface area contributed by atoms with E-state index in [0.29, 0.717) is 18.4 Å². The second kappa shape index (κ2) is 5.80. The molecule has 4 N–H and O–H groups in total. The van der Waals surface area contributed by atoms with Crippen LogP contribution in [0.25, 0.3) is 0 Å². The smallest absolute Gasteiger partial charge is 0.336 e. The van der Waals surface area contributed by atoms with Crippen molar-refractivity contribution in [3.05, 3.63) is 35.1 Å². The van der Waals surface area contributed by atoms with E-state index in [2.05, 4.69) is 6.08 Å². The minimum atomic E-state index is -1.85. The zero-order valence-corrected chi connectivity index (χ0v) is 16.5. The fraction of sp³-hybridized carbons (Fsp3) is 0.636. The fourth-order valence-corrected chi connectivity index (χ4v) is 7.02. The van der Waals surface area contributed by atoms with Crippen LogP contribution < -0.4 is 0 Å². The van der Waals surface area contributed by atoms with E-state index in [0.717, 1.165) is 17.4 Å². The first-order chi connectivity index (χ1) is 13.0. The third kappa shape index (κ3) is 2.16.